The minimum atomic E-state index is -0.232. The number of hydrogen-bond acceptors (Lipinski definition) is 2. The maximum atomic E-state index is 13.0. The Morgan fingerprint density at radius 3 is 2.63 bits per heavy atom. The first kappa shape index (κ1) is 14.3. The molecule has 0 saturated carbocycles. The Kier molecular flexibility index (Phi) is 4.42. The minimum absolute atomic E-state index is 0.189. The van der Waals surface area contributed by atoms with Gasteiger partial charge in [0.1, 0.15) is 17.3 Å². The van der Waals surface area contributed by atoms with Gasteiger partial charge in [-0.05, 0) is 44.5 Å². The summed E-state index contributed by atoms with van der Waals surface area (Å²) in [5.74, 6) is 1.63. The zero-order valence-corrected chi connectivity index (χ0v) is 12.8. The van der Waals surface area contributed by atoms with Gasteiger partial charge in [0, 0.05) is 22.6 Å². The van der Waals surface area contributed by atoms with Crippen molar-refractivity contribution in [2.45, 2.75) is 33.4 Å². The summed E-state index contributed by atoms with van der Waals surface area (Å²) in [6.07, 6.45) is 0. The number of halogens is 2. The van der Waals surface area contributed by atoms with Crippen molar-refractivity contribution in [2.24, 2.45) is 0 Å². The lowest BCUT2D eigenvalue weighted by atomic mass is 10.1. The van der Waals surface area contributed by atoms with Gasteiger partial charge in [0.25, 0.3) is 0 Å². The van der Waals surface area contributed by atoms with Gasteiger partial charge in [0.15, 0.2) is 0 Å². The Balaban J connectivity index is 2.04. The summed E-state index contributed by atoms with van der Waals surface area (Å²) in [7, 11) is 0. The van der Waals surface area contributed by atoms with Crippen LogP contribution in [0.15, 0.2) is 33.2 Å². The lowest BCUT2D eigenvalue weighted by molar-refractivity contribution is 0.489. The Morgan fingerprint density at radius 2 is 2.05 bits per heavy atom. The van der Waals surface area contributed by atoms with E-state index in [4.69, 9.17) is 4.42 Å². The first-order chi connectivity index (χ1) is 8.97. The van der Waals surface area contributed by atoms with E-state index in [0.29, 0.717) is 6.54 Å². The van der Waals surface area contributed by atoms with Crippen LogP contribution in [0, 0.1) is 19.7 Å². The highest BCUT2D eigenvalue weighted by Crippen LogP contribution is 2.23. The molecule has 0 aliphatic heterocycles. The second-order valence-corrected chi connectivity index (χ2v) is 5.56. The van der Waals surface area contributed by atoms with Gasteiger partial charge < -0.3 is 9.73 Å². The second-order valence-electron chi connectivity index (χ2n) is 4.71. The summed E-state index contributed by atoms with van der Waals surface area (Å²) in [6, 6.07) is 6.97. The number of rotatable bonds is 4. The lowest BCUT2D eigenvalue weighted by Crippen LogP contribution is -2.18. The molecule has 0 fully saturated rings. The lowest BCUT2D eigenvalue weighted by Gasteiger charge is -2.14. The molecule has 19 heavy (non-hydrogen) atoms. The molecule has 102 valence electrons. The van der Waals surface area contributed by atoms with Crippen molar-refractivity contribution in [3.05, 3.63) is 57.2 Å². The van der Waals surface area contributed by atoms with Gasteiger partial charge in [-0.15, -0.1) is 0 Å². The summed E-state index contributed by atoms with van der Waals surface area (Å²) in [4.78, 5) is 0. The van der Waals surface area contributed by atoms with Crippen molar-refractivity contribution in [1.82, 2.24) is 5.32 Å². The fourth-order valence-corrected chi connectivity index (χ4v) is 2.61. The topological polar surface area (TPSA) is 25.2 Å². The molecule has 4 heteroatoms. The normalized spacial score (nSPS) is 12.7. The molecule has 1 atom stereocenters. The van der Waals surface area contributed by atoms with Crippen LogP contribution in [0.3, 0.4) is 0 Å². The Bertz CT molecular complexity index is 580. The van der Waals surface area contributed by atoms with Crippen LogP contribution in [-0.4, -0.2) is 0 Å². The smallest absolute Gasteiger partial charge is 0.124 e. The average Bonchev–Trinajstić information content (AvgIpc) is 2.67. The van der Waals surface area contributed by atoms with Crippen LogP contribution < -0.4 is 5.32 Å². The number of benzene rings is 1. The van der Waals surface area contributed by atoms with Gasteiger partial charge in [-0.25, -0.2) is 4.39 Å². The van der Waals surface area contributed by atoms with E-state index < -0.39 is 0 Å². The van der Waals surface area contributed by atoms with E-state index in [2.05, 4.69) is 28.2 Å². The Morgan fingerprint density at radius 1 is 1.32 bits per heavy atom. The van der Waals surface area contributed by atoms with E-state index in [9.17, 15) is 4.39 Å². The van der Waals surface area contributed by atoms with E-state index in [1.807, 2.05) is 19.9 Å². The molecular weight excluding hydrogens is 309 g/mol. The molecule has 2 nitrogen and oxygen atoms in total. The van der Waals surface area contributed by atoms with Crippen LogP contribution in [0.25, 0.3) is 0 Å². The number of aryl methyl sites for hydroxylation is 2. The molecule has 0 aliphatic rings. The summed E-state index contributed by atoms with van der Waals surface area (Å²) >= 11 is 3.37. The van der Waals surface area contributed by atoms with E-state index in [1.165, 1.54) is 12.1 Å². The molecule has 0 bridgehead atoms. The van der Waals surface area contributed by atoms with Crippen LogP contribution in [0.4, 0.5) is 4.39 Å². The van der Waals surface area contributed by atoms with Gasteiger partial charge in [-0.3, -0.25) is 0 Å². The molecule has 1 unspecified atom stereocenters. The van der Waals surface area contributed by atoms with Gasteiger partial charge in [-0.2, -0.15) is 0 Å². The molecule has 0 radical (unpaired) electrons. The summed E-state index contributed by atoms with van der Waals surface area (Å²) < 4.78 is 19.3. The predicted octanol–water partition coefficient (Wildman–Crippen LogP) is 4.65. The number of nitrogens with one attached hydrogen (secondary N) is 1. The van der Waals surface area contributed by atoms with Gasteiger partial charge in [-0.1, -0.05) is 22.0 Å². The van der Waals surface area contributed by atoms with Crippen LogP contribution in [0.2, 0.25) is 0 Å². The Hall–Kier alpha value is -1.13. The highest BCUT2D eigenvalue weighted by molar-refractivity contribution is 9.10. The molecule has 2 aromatic rings. The van der Waals surface area contributed by atoms with Gasteiger partial charge in [0.2, 0.25) is 0 Å². The molecule has 1 N–H and O–H groups in total. The molecule has 0 amide bonds. The van der Waals surface area contributed by atoms with Crippen LogP contribution in [0.1, 0.15) is 35.6 Å². The maximum Gasteiger partial charge on any atom is 0.124 e. The molecule has 1 aromatic carbocycles. The molecule has 0 saturated heterocycles. The zero-order valence-electron chi connectivity index (χ0n) is 11.3. The van der Waals surface area contributed by atoms with Crippen molar-refractivity contribution in [3.63, 3.8) is 0 Å². The summed E-state index contributed by atoms with van der Waals surface area (Å²) in [6.45, 7) is 6.68. The third-order valence-corrected chi connectivity index (χ3v) is 3.90. The third kappa shape index (κ3) is 3.45. The first-order valence-corrected chi connectivity index (χ1v) is 7.01. The fraction of sp³-hybridized carbons (Fsp3) is 0.333. The third-order valence-electron chi connectivity index (χ3n) is 3.16. The van der Waals surface area contributed by atoms with Gasteiger partial charge >= 0.3 is 0 Å². The zero-order chi connectivity index (χ0) is 14.0. The summed E-state index contributed by atoms with van der Waals surface area (Å²) in [5.41, 5.74) is 2.20. The SMILES string of the molecule is Cc1cc(C(C)NCc2ccc(F)cc2Br)c(C)o1. The van der Waals surface area contributed by atoms with Gasteiger partial charge in [0.05, 0.1) is 0 Å². The minimum Gasteiger partial charge on any atom is -0.466 e. The molecule has 2 rings (SSSR count). The van der Waals surface area contributed by atoms with Crippen LogP contribution >= 0.6 is 15.9 Å². The monoisotopic (exact) mass is 325 g/mol. The quantitative estimate of drug-likeness (QED) is 0.885. The van der Waals surface area contributed by atoms with Crippen molar-refractivity contribution in [1.29, 1.82) is 0 Å². The van der Waals surface area contributed by atoms with Crippen molar-refractivity contribution < 1.29 is 8.81 Å². The molecule has 0 spiro atoms. The fourth-order valence-electron chi connectivity index (χ4n) is 2.12. The molecule has 0 aliphatic carbocycles. The number of hydrogen-bond donors (Lipinski definition) is 1. The molecule has 1 aromatic heterocycles. The predicted molar refractivity (Wildman–Crippen MR) is 77.5 cm³/mol. The van der Waals surface area contributed by atoms with Crippen molar-refractivity contribution in [2.75, 3.05) is 0 Å². The van der Waals surface area contributed by atoms with E-state index in [-0.39, 0.29) is 11.9 Å². The van der Waals surface area contributed by atoms with Crippen LogP contribution in [0.5, 0.6) is 0 Å². The molecule has 1 heterocycles. The highest BCUT2D eigenvalue weighted by atomic mass is 79.9. The average molecular weight is 326 g/mol. The highest BCUT2D eigenvalue weighted by Gasteiger charge is 2.12. The number of furan rings is 1. The maximum absolute atomic E-state index is 13.0. The standard InChI is InChI=1S/C15H17BrFNO/c1-9-6-14(11(3)19-9)10(2)18-8-12-4-5-13(17)7-15(12)16/h4-7,10,18H,8H2,1-3H3. The van der Waals surface area contributed by atoms with E-state index >= 15 is 0 Å². The largest absolute Gasteiger partial charge is 0.466 e. The van der Waals surface area contributed by atoms with E-state index in [0.717, 1.165) is 27.1 Å². The Labute approximate surface area is 121 Å². The first-order valence-electron chi connectivity index (χ1n) is 6.21. The summed E-state index contributed by atoms with van der Waals surface area (Å²) in [5, 5.41) is 3.42. The van der Waals surface area contributed by atoms with Crippen molar-refractivity contribution in [3.8, 4) is 0 Å². The van der Waals surface area contributed by atoms with Crippen LogP contribution in [-0.2, 0) is 6.54 Å². The second kappa shape index (κ2) is 5.88. The van der Waals surface area contributed by atoms with E-state index in [1.54, 1.807) is 6.07 Å². The van der Waals surface area contributed by atoms with Crippen molar-refractivity contribution >= 4 is 15.9 Å². The molecular formula is C15H17BrFNO.